The van der Waals surface area contributed by atoms with E-state index in [1.807, 2.05) is 0 Å². The van der Waals surface area contributed by atoms with Gasteiger partial charge in [-0.25, -0.2) is 0 Å². The molecule has 2 heterocycles. The highest BCUT2D eigenvalue weighted by molar-refractivity contribution is 5.85. The van der Waals surface area contributed by atoms with Crippen molar-refractivity contribution in [2.45, 2.75) is 43.8 Å². The van der Waals surface area contributed by atoms with Crippen LogP contribution in [0.25, 0.3) is 0 Å². The predicted molar refractivity (Wildman–Crippen MR) is 63.3 cm³/mol. The summed E-state index contributed by atoms with van der Waals surface area (Å²) in [6.07, 6.45) is 5.69. The molecule has 1 aromatic carbocycles. The SMILES string of the molecule is Cl.c1ccc2c(c1)C1CCC2N1C1CC1. The van der Waals surface area contributed by atoms with Crippen LogP contribution in [-0.2, 0) is 0 Å². The van der Waals surface area contributed by atoms with Gasteiger partial charge in [-0.1, -0.05) is 24.3 Å². The molecule has 0 amide bonds. The zero-order valence-electron chi connectivity index (χ0n) is 8.73. The minimum Gasteiger partial charge on any atom is -0.286 e. The topological polar surface area (TPSA) is 3.24 Å². The second kappa shape index (κ2) is 3.23. The molecule has 2 fully saturated rings. The average Bonchev–Trinajstić information content (AvgIpc) is 2.93. The Bertz CT molecular complexity index is 355. The molecule has 15 heavy (non-hydrogen) atoms. The second-order valence-electron chi connectivity index (χ2n) is 4.92. The lowest BCUT2D eigenvalue weighted by Gasteiger charge is -2.21. The summed E-state index contributed by atoms with van der Waals surface area (Å²) in [6, 6.07) is 11.6. The maximum Gasteiger partial charge on any atom is 0.0361 e. The molecule has 1 nitrogen and oxygen atoms in total. The van der Waals surface area contributed by atoms with Gasteiger partial charge in [-0.3, -0.25) is 4.90 Å². The van der Waals surface area contributed by atoms with Crippen molar-refractivity contribution >= 4 is 12.4 Å². The Labute approximate surface area is 96.9 Å². The Hall–Kier alpha value is -0.530. The summed E-state index contributed by atoms with van der Waals surface area (Å²) in [5.41, 5.74) is 3.27. The van der Waals surface area contributed by atoms with Gasteiger partial charge in [-0.2, -0.15) is 0 Å². The maximum atomic E-state index is 2.80. The Kier molecular flexibility index (Phi) is 2.08. The molecule has 0 aromatic heterocycles. The van der Waals surface area contributed by atoms with Crippen LogP contribution in [0.3, 0.4) is 0 Å². The first-order valence-corrected chi connectivity index (χ1v) is 5.81. The molecule has 3 aliphatic rings. The van der Waals surface area contributed by atoms with Gasteiger partial charge < -0.3 is 0 Å². The van der Waals surface area contributed by atoms with E-state index in [0.717, 1.165) is 18.1 Å². The lowest BCUT2D eigenvalue weighted by molar-refractivity contribution is 0.212. The Morgan fingerprint density at radius 3 is 1.87 bits per heavy atom. The zero-order valence-corrected chi connectivity index (χ0v) is 9.54. The summed E-state index contributed by atoms with van der Waals surface area (Å²) in [5, 5.41) is 0. The van der Waals surface area contributed by atoms with Gasteiger partial charge in [0.05, 0.1) is 0 Å². The summed E-state index contributed by atoms with van der Waals surface area (Å²) in [5.74, 6) is 0. The van der Waals surface area contributed by atoms with Crippen LogP contribution in [0.2, 0.25) is 0 Å². The first-order chi connectivity index (χ1) is 6.95. The molecule has 2 atom stereocenters. The van der Waals surface area contributed by atoms with Crippen LogP contribution < -0.4 is 0 Å². The number of nitrogens with zero attached hydrogens (tertiary/aromatic N) is 1. The van der Waals surface area contributed by atoms with E-state index >= 15 is 0 Å². The van der Waals surface area contributed by atoms with Gasteiger partial charge in [-0.15, -0.1) is 12.4 Å². The van der Waals surface area contributed by atoms with E-state index in [2.05, 4.69) is 29.2 Å². The fourth-order valence-corrected chi connectivity index (χ4v) is 3.46. The molecule has 80 valence electrons. The second-order valence-corrected chi connectivity index (χ2v) is 4.92. The summed E-state index contributed by atoms with van der Waals surface area (Å²) >= 11 is 0. The van der Waals surface area contributed by atoms with Crippen molar-refractivity contribution in [3.8, 4) is 0 Å². The van der Waals surface area contributed by atoms with E-state index in [4.69, 9.17) is 0 Å². The van der Waals surface area contributed by atoms with Crippen molar-refractivity contribution < 1.29 is 0 Å². The molecule has 1 saturated carbocycles. The van der Waals surface area contributed by atoms with E-state index < -0.39 is 0 Å². The fourth-order valence-electron chi connectivity index (χ4n) is 3.46. The van der Waals surface area contributed by atoms with Crippen LogP contribution in [0.15, 0.2) is 24.3 Å². The molecule has 0 N–H and O–H groups in total. The van der Waals surface area contributed by atoms with Crippen LogP contribution in [0.5, 0.6) is 0 Å². The van der Waals surface area contributed by atoms with Gasteiger partial charge in [0.25, 0.3) is 0 Å². The summed E-state index contributed by atoms with van der Waals surface area (Å²) in [7, 11) is 0. The number of hydrogen-bond donors (Lipinski definition) is 0. The van der Waals surface area contributed by atoms with E-state index in [-0.39, 0.29) is 12.4 Å². The Morgan fingerprint density at radius 2 is 1.40 bits per heavy atom. The Morgan fingerprint density at radius 1 is 0.867 bits per heavy atom. The highest BCUT2D eigenvalue weighted by Crippen LogP contribution is 2.56. The first-order valence-electron chi connectivity index (χ1n) is 5.81. The number of hydrogen-bond acceptors (Lipinski definition) is 1. The first kappa shape index (κ1) is 9.68. The lowest BCUT2D eigenvalue weighted by Crippen LogP contribution is -2.21. The van der Waals surface area contributed by atoms with Crippen molar-refractivity contribution in [3.05, 3.63) is 35.4 Å². The minimum atomic E-state index is 0. The number of fused-ring (bicyclic) bond motifs is 5. The number of rotatable bonds is 1. The third kappa shape index (κ3) is 1.20. The average molecular weight is 222 g/mol. The standard InChI is InChI=1S/C13H15N.ClH/c1-2-4-11-10(3-1)12-7-8-13(11)14(12)9-5-6-9;/h1-4,9,12-13H,5-8H2;1H. The van der Waals surface area contributed by atoms with Gasteiger partial charge >= 0.3 is 0 Å². The fraction of sp³-hybridized carbons (Fsp3) is 0.538. The summed E-state index contributed by atoms with van der Waals surface area (Å²) in [4.78, 5) is 2.80. The van der Waals surface area contributed by atoms with E-state index in [1.54, 1.807) is 11.1 Å². The van der Waals surface area contributed by atoms with E-state index in [0.29, 0.717) is 0 Å². The van der Waals surface area contributed by atoms with Crippen molar-refractivity contribution in [1.82, 2.24) is 4.90 Å². The van der Waals surface area contributed by atoms with Crippen LogP contribution >= 0.6 is 12.4 Å². The predicted octanol–water partition coefficient (Wildman–Crippen LogP) is 3.46. The van der Waals surface area contributed by atoms with Crippen molar-refractivity contribution in [2.24, 2.45) is 0 Å². The maximum absolute atomic E-state index is 2.80. The molecule has 2 heteroatoms. The van der Waals surface area contributed by atoms with Crippen LogP contribution in [0.4, 0.5) is 0 Å². The smallest absolute Gasteiger partial charge is 0.0361 e. The summed E-state index contributed by atoms with van der Waals surface area (Å²) in [6.45, 7) is 0. The third-order valence-corrected chi connectivity index (χ3v) is 4.12. The quantitative estimate of drug-likeness (QED) is 0.702. The number of benzene rings is 1. The molecule has 4 rings (SSSR count). The third-order valence-electron chi connectivity index (χ3n) is 4.12. The van der Waals surface area contributed by atoms with Crippen LogP contribution in [0, 0.1) is 0 Å². The monoisotopic (exact) mass is 221 g/mol. The molecule has 1 saturated heterocycles. The molecule has 1 aliphatic carbocycles. The van der Waals surface area contributed by atoms with Gasteiger partial charge in [0, 0.05) is 18.1 Å². The molecule has 2 bridgehead atoms. The minimum absolute atomic E-state index is 0. The van der Waals surface area contributed by atoms with Crippen molar-refractivity contribution in [3.63, 3.8) is 0 Å². The van der Waals surface area contributed by atoms with Crippen molar-refractivity contribution in [2.75, 3.05) is 0 Å². The molecular weight excluding hydrogens is 206 g/mol. The highest BCUT2D eigenvalue weighted by atomic mass is 35.5. The Balaban J connectivity index is 0.000000722. The van der Waals surface area contributed by atoms with E-state index in [1.165, 1.54) is 25.7 Å². The van der Waals surface area contributed by atoms with E-state index in [9.17, 15) is 0 Å². The lowest BCUT2D eigenvalue weighted by atomic mass is 9.92. The van der Waals surface area contributed by atoms with Gasteiger partial charge in [-0.05, 0) is 36.8 Å². The molecule has 2 unspecified atom stereocenters. The number of halogens is 1. The van der Waals surface area contributed by atoms with Crippen LogP contribution in [0.1, 0.15) is 48.9 Å². The van der Waals surface area contributed by atoms with Gasteiger partial charge in [0.2, 0.25) is 0 Å². The molecule has 2 aliphatic heterocycles. The summed E-state index contributed by atoms with van der Waals surface area (Å²) < 4.78 is 0. The largest absolute Gasteiger partial charge is 0.286 e. The normalized spacial score (nSPS) is 32.5. The molecule has 1 aromatic rings. The molecule has 0 radical (unpaired) electrons. The van der Waals surface area contributed by atoms with Crippen LogP contribution in [-0.4, -0.2) is 10.9 Å². The molecule has 0 spiro atoms. The highest BCUT2D eigenvalue weighted by Gasteiger charge is 2.49. The van der Waals surface area contributed by atoms with Gasteiger partial charge in [0.15, 0.2) is 0 Å². The van der Waals surface area contributed by atoms with Crippen molar-refractivity contribution in [1.29, 1.82) is 0 Å². The molecular formula is C13H16ClN. The zero-order chi connectivity index (χ0) is 9.12. The van der Waals surface area contributed by atoms with Gasteiger partial charge in [0.1, 0.15) is 0 Å².